The second kappa shape index (κ2) is 3.90. The van der Waals surface area contributed by atoms with Gasteiger partial charge < -0.3 is 10.2 Å². The first kappa shape index (κ1) is 10.6. The van der Waals surface area contributed by atoms with Crippen LogP contribution in [0, 0.1) is 0 Å². The van der Waals surface area contributed by atoms with E-state index >= 15 is 0 Å². The maximum Gasteiger partial charge on any atom is 0.138 e. The third-order valence-electron chi connectivity index (χ3n) is 3.27. The molecule has 1 saturated carbocycles. The van der Waals surface area contributed by atoms with Crippen molar-refractivity contribution in [3.8, 4) is 0 Å². The molecule has 1 aromatic heterocycles. The lowest BCUT2D eigenvalue weighted by Crippen LogP contribution is -2.41. The van der Waals surface area contributed by atoms with Crippen LogP contribution in [0.2, 0.25) is 0 Å². The fraction of sp³-hybridized carbons (Fsp3) is 0.800. The predicted molar refractivity (Wildman–Crippen MR) is 54.1 cm³/mol. The fourth-order valence-corrected chi connectivity index (χ4v) is 2.19. The van der Waals surface area contributed by atoms with Gasteiger partial charge in [-0.15, -0.1) is 0 Å². The molecule has 1 aliphatic carbocycles. The Morgan fingerprint density at radius 2 is 2.20 bits per heavy atom. The van der Waals surface area contributed by atoms with Gasteiger partial charge in [0.25, 0.3) is 0 Å². The Morgan fingerprint density at radius 3 is 2.73 bits per heavy atom. The second-order valence-corrected chi connectivity index (χ2v) is 4.33. The molecule has 1 fully saturated rings. The van der Waals surface area contributed by atoms with Crippen molar-refractivity contribution in [2.24, 2.45) is 7.05 Å². The van der Waals surface area contributed by atoms with Crippen molar-refractivity contribution in [2.45, 2.75) is 43.8 Å². The van der Waals surface area contributed by atoms with Crippen LogP contribution < -0.4 is 0 Å². The van der Waals surface area contributed by atoms with Crippen molar-refractivity contribution >= 4 is 0 Å². The van der Waals surface area contributed by atoms with E-state index in [1.807, 2.05) is 0 Å². The van der Waals surface area contributed by atoms with Gasteiger partial charge in [-0.1, -0.05) is 12.8 Å². The monoisotopic (exact) mass is 211 g/mol. The van der Waals surface area contributed by atoms with Crippen LogP contribution in [0.15, 0.2) is 6.33 Å². The minimum Gasteiger partial charge on any atom is -0.390 e. The summed E-state index contributed by atoms with van der Waals surface area (Å²) in [4.78, 5) is 4.04. The molecule has 0 aromatic carbocycles. The van der Waals surface area contributed by atoms with Crippen LogP contribution in [-0.2, 0) is 13.5 Å². The van der Waals surface area contributed by atoms with Crippen LogP contribution in [0.3, 0.4) is 0 Å². The van der Waals surface area contributed by atoms with Gasteiger partial charge in [0.2, 0.25) is 0 Å². The van der Waals surface area contributed by atoms with E-state index in [0.29, 0.717) is 25.1 Å². The molecule has 1 atom stereocenters. The molecule has 0 bridgehead atoms. The SMILES string of the molecule is Cn1ncnc1CC(O)C1(O)CCCC1. The number of aryl methyl sites for hydroxylation is 1. The number of aliphatic hydroxyl groups excluding tert-OH is 1. The first-order valence-electron chi connectivity index (χ1n) is 5.35. The Morgan fingerprint density at radius 1 is 1.53 bits per heavy atom. The molecule has 1 unspecified atom stereocenters. The van der Waals surface area contributed by atoms with Crippen molar-refractivity contribution in [1.82, 2.24) is 14.8 Å². The number of nitrogens with zero attached hydrogens (tertiary/aromatic N) is 3. The zero-order valence-corrected chi connectivity index (χ0v) is 8.93. The van der Waals surface area contributed by atoms with Crippen LogP contribution in [0.25, 0.3) is 0 Å². The van der Waals surface area contributed by atoms with E-state index in [2.05, 4.69) is 10.1 Å². The average Bonchev–Trinajstić information content (AvgIpc) is 2.78. The van der Waals surface area contributed by atoms with Gasteiger partial charge in [-0.25, -0.2) is 4.98 Å². The molecular formula is C10H17N3O2. The zero-order valence-electron chi connectivity index (χ0n) is 8.93. The highest BCUT2D eigenvalue weighted by Crippen LogP contribution is 2.33. The largest absolute Gasteiger partial charge is 0.390 e. The molecule has 0 radical (unpaired) electrons. The Kier molecular flexibility index (Phi) is 2.75. The lowest BCUT2D eigenvalue weighted by molar-refractivity contribution is -0.0699. The molecule has 1 aromatic rings. The molecule has 1 heterocycles. The number of aliphatic hydroxyl groups is 2. The molecule has 0 spiro atoms. The molecule has 0 saturated heterocycles. The lowest BCUT2D eigenvalue weighted by atomic mass is 9.92. The summed E-state index contributed by atoms with van der Waals surface area (Å²) in [6.07, 6.45) is 4.45. The molecule has 84 valence electrons. The highest BCUT2D eigenvalue weighted by Gasteiger charge is 2.38. The van der Waals surface area contributed by atoms with Crippen LogP contribution in [0.1, 0.15) is 31.5 Å². The van der Waals surface area contributed by atoms with E-state index in [-0.39, 0.29) is 0 Å². The topological polar surface area (TPSA) is 71.2 Å². The third-order valence-corrected chi connectivity index (χ3v) is 3.27. The van der Waals surface area contributed by atoms with Crippen molar-refractivity contribution < 1.29 is 10.2 Å². The summed E-state index contributed by atoms with van der Waals surface area (Å²) in [6.45, 7) is 0. The number of rotatable bonds is 3. The number of hydrogen-bond donors (Lipinski definition) is 2. The molecule has 2 N–H and O–H groups in total. The van der Waals surface area contributed by atoms with E-state index in [0.717, 1.165) is 12.8 Å². The minimum atomic E-state index is -0.911. The zero-order chi connectivity index (χ0) is 10.9. The summed E-state index contributed by atoms with van der Waals surface area (Å²) in [5, 5.41) is 24.0. The first-order valence-corrected chi connectivity index (χ1v) is 5.35. The minimum absolute atomic E-state index is 0.368. The van der Waals surface area contributed by atoms with Gasteiger partial charge in [0.05, 0.1) is 11.7 Å². The highest BCUT2D eigenvalue weighted by atomic mass is 16.3. The van der Waals surface area contributed by atoms with Crippen LogP contribution in [-0.4, -0.2) is 36.7 Å². The maximum absolute atomic E-state index is 10.1. The van der Waals surface area contributed by atoms with E-state index in [1.165, 1.54) is 6.33 Å². The summed E-state index contributed by atoms with van der Waals surface area (Å²) in [5.41, 5.74) is -0.911. The van der Waals surface area contributed by atoms with Crippen LogP contribution in [0.4, 0.5) is 0 Å². The van der Waals surface area contributed by atoms with E-state index in [4.69, 9.17) is 0 Å². The molecular weight excluding hydrogens is 194 g/mol. The second-order valence-electron chi connectivity index (χ2n) is 4.33. The number of aromatic nitrogens is 3. The Bertz CT molecular complexity index is 331. The molecule has 1 aliphatic rings. The van der Waals surface area contributed by atoms with E-state index < -0.39 is 11.7 Å². The lowest BCUT2D eigenvalue weighted by Gasteiger charge is -2.27. The predicted octanol–water partition coefficient (Wildman–Crippen LogP) is 0.0236. The Labute approximate surface area is 88.8 Å². The Balaban J connectivity index is 2.03. The Hall–Kier alpha value is -0.940. The van der Waals surface area contributed by atoms with Crippen molar-refractivity contribution in [3.63, 3.8) is 0 Å². The van der Waals surface area contributed by atoms with Gasteiger partial charge in [0.15, 0.2) is 0 Å². The van der Waals surface area contributed by atoms with Gasteiger partial charge in [0.1, 0.15) is 12.2 Å². The summed E-state index contributed by atoms with van der Waals surface area (Å²) < 4.78 is 1.63. The smallest absolute Gasteiger partial charge is 0.138 e. The van der Waals surface area contributed by atoms with Gasteiger partial charge in [-0.3, -0.25) is 4.68 Å². The summed E-state index contributed by atoms with van der Waals surface area (Å²) in [7, 11) is 1.79. The van der Waals surface area contributed by atoms with Crippen molar-refractivity contribution in [1.29, 1.82) is 0 Å². The first-order chi connectivity index (χ1) is 7.12. The quantitative estimate of drug-likeness (QED) is 0.739. The molecule has 5 heteroatoms. The molecule has 2 rings (SSSR count). The van der Waals surface area contributed by atoms with E-state index in [9.17, 15) is 10.2 Å². The molecule has 15 heavy (non-hydrogen) atoms. The maximum atomic E-state index is 10.1. The fourth-order valence-electron chi connectivity index (χ4n) is 2.19. The number of hydrogen-bond acceptors (Lipinski definition) is 4. The summed E-state index contributed by atoms with van der Waals surface area (Å²) in [5.74, 6) is 0.711. The van der Waals surface area contributed by atoms with Gasteiger partial charge >= 0.3 is 0 Å². The van der Waals surface area contributed by atoms with Crippen LogP contribution in [0.5, 0.6) is 0 Å². The molecule has 0 aliphatic heterocycles. The normalized spacial score (nSPS) is 21.8. The van der Waals surface area contributed by atoms with Gasteiger partial charge in [-0.05, 0) is 12.8 Å². The van der Waals surface area contributed by atoms with Gasteiger partial charge in [-0.2, -0.15) is 5.10 Å². The third kappa shape index (κ3) is 2.03. The molecule has 0 amide bonds. The van der Waals surface area contributed by atoms with Crippen molar-refractivity contribution in [3.05, 3.63) is 12.2 Å². The highest BCUT2D eigenvalue weighted by molar-refractivity contribution is 4.97. The standard InChI is InChI=1S/C10H17N3O2/c1-13-9(11-7-12-13)6-8(14)10(15)4-2-3-5-10/h7-8,14-15H,2-6H2,1H3. The summed E-state index contributed by atoms with van der Waals surface area (Å²) >= 11 is 0. The average molecular weight is 211 g/mol. The van der Waals surface area contributed by atoms with Crippen LogP contribution >= 0.6 is 0 Å². The van der Waals surface area contributed by atoms with E-state index in [1.54, 1.807) is 11.7 Å². The van der Waals surface area contributed by atoms with Gasteiger partial charge in [0, 0.05) is 13.5 Å². The summed E-state index contributed by atoms with van der Waals surface area (Å²) in [6, 6.07) is 0. The van der Waals surface area contributed by atoms with Crippen molar-refractivity contribution in [2.75, 3.05) is 0 Å². The molecule has 5 nitrogen and oxygen atoms in total.